The highest BCUT2D eigenvalue weighted by atomic mass is 14.7. The van der Waals surface area contributed by atoms with E-state index in [1.165, 1.54) is 12.0 Å². The van der Waals surface area contributed by atoms with E-state index in [0.717, 1.165) is 47.3 Å². The minimum atomic E-state index is 0.958. The Bertz CT molecular complexity index is 510. The fourth-order valence-corrected chi connectivity index (χ4v) is 1.98. The first-order valence-electron chi connectivity index (χ1n) is 8.26. The Morgan fingerprint density at radius 3 is 1.91 bits per heavy atom. The molecule has 0 fully saturated rings. The molecule has 0 aromatic heterocycles. The molecule has 122 valence electrons. The molecule has 0 amide bonds. The van der Waals surface area contributed by atoms with Crippen LogP contribution in [0.5, 0.6) is 0 Å². The molecular formula is C21H33N. The lowest BCUT2D eigenvalue weighted by Crippen LogP contribution is -2.03. The number of allylic oxidation sites excluding steroid dienone is 7. The summed E-state index contributed by atoms with van der Waals surface area (Å²) in [4.78, 5) is 4.72. The van der Waals surface area contributed by atoms with E-state index >= 15 is 0 Å². The summed E-state index contributed by atoms with van der Waals surface area (Å²) < 4.78 is 0. The maximum atomic E-state index is 4.72. The molecule has 0 aliphatic heterocycles. The molecule has 0 saturated heterocycles. The Kier molecular flexibility index (Phi) is 10.2. The van der Waals surface area contributed by atoms with Crippen molar-refractivity contribution in [1.82, 2.24) is 0 Å². The molecule has 22 heavy (non-hydrogen) atoms. The number of aliphatic imine (C=N–C) groups is 1. The average Bonchev–Trinajstić information content (AvgIpc) is 2.44. The molecule has 0 bridgehead atoms. The summed E-state index contributed by atoms with van der Waals surface area (Å²) >= 11 is 0. The lowest BCUT2D eigenvalue weighted by molar-refractivity contribution is 0.905. The number of nitrogens with zero attached hydrogens (tertiary/aromatic N) is 1. The maximum Gasteiger partial charge on any atom is 0.0478 e. The lowest BCUT2D eigenvalue weighted by Gasteiger charge is -2.10. The lowest BCUT2D eigenvalue weighted by atomic mass is 9.98. The van der Waals surface area contributed by atoms with Gasteiger partial charge >= 0.3 is 0 Å². The Morgan fingerprint density at radius 2 is 1.45 bits per heavy atom. The van der Waals surface area contributed by atoms with Crippen LogP contribution in [0.1, 0.15) is 67.2 Å². The summed E-state index contributed by atoms with van der Waals surface area (Å²) in [6, 6.07) is 0. The van der Waals surface area contributed by atoms with Gasteiger partial charge in [0.2, 0.25) is 0 Å². The van der Waals surface area contributed by atoms with E-state index in [1.54, 1.807) is 0 Å². The molecule has 0 aromatic rings. The molecule has 0 aromatic carbocycles. The quantitative estimate of drug-likeness (QED) is 0.322. The summed E-state index contributed by atoms with van der Waals surface area (Å²) in [6.07, 6.45) is 10.6. The molecule has 0 heterocycles. The van der Waals surface area contributed by atoms with E-state index < -0.39 is 0 Å². The van der Waals surface area contributed by atoms with Crippen LogP contribution in [0, 0.1) is 0 Å². The van der Waals surface area contributed by atoms with Crippen molar-refractivity contribution in [3.05, 3.63) is 59.4 Å². The van der Waals surface area contributed by atoms with Crippen LogP contribution in [-0.2, 0) is 0 Å². The van der Waals surface area contributed by atoms with Gasteiger partial charge in [-0.05, 0) is 57.3 Å². The van der Waals surface area contributed by atoms with Crippen LogP contribution < -0.4 is 0 Å². The summed E-state index contributed by atoms with van der Waals surface area (Å²) in [5, 5.41) is 0. The second-order valence-corrected chi connectivity index (χ2v) is 6.04. The number of hydrogen-bond donors (Lipinski definition) is 0. The van der Waals surface area contributed by atoms with Crippen molar-refractivity contribution < 1.29 is 0 Å². The molecule has 0 unspecified atom stereocenters. The molecule has 0 aliphatic rings. The van der Waals surface area contributed by atoms with Crippen LogP contribution in [0.2, 0.25) is 0 Å². The van der Waals surface area contributed by atoms with Gasteiger partial charge in [-0.2, -0.15) is 0 Å². The second kappa shape index (κ2) is 11.0. The summed E-state index contributed by atoms with van der Waals surface area (Å²) in [5.74, 6) is 0. The monoisotopic (exact) mass is 299 g/mol. The van der Waals surface area contributed by atoms with E-state index in [0.29, 0.717) is 0 Å². The first-order chi connectivity index (χ1) is 10.3. The van der Waals surface area contributed by atoms with Crippen LogP contribution in [0.15, 0.2) is 64.4 Å². The fourth-order valence-electron chi connectivity index (χ4n) is 1.98. The molecule has 1 nitrogen and oxygen atoms in total. The molecule has 0 saturated carbocycles. The SMILES string of the molecule is C=C(C)\C(C)=C/N=C(CCC)\C(=C\C=C(\C)CCC)C(=C)C. The normalized spacial score (nSPS) is 14.3. The molecule has 0 rings (SSSR count). The van der Waals surface area contributed by atoms with Crippen LogP contribution in [-0.4, -0.2) is 5.71 Å². The predicted molar refractivity (Wildman–Crippen MR) is 102 cm³/mol. The molecule has 0 radical (unpaired) electrons. The van der Waals surface area contributed by atoms with Gasteiger partial charge in [0.1, 0.15) is 0 Å². The zero-order valence-electron chi connectivity index (χ0n) is 15.4. The zero-order chi connectivity index (χ0) is 17.1. The van der Waals surface area contributed by atoms with Crippen LogP contribution >= 0.6 is 0 Å². The van der Waals surface area contributed by atoms with Crippen LogP contribution in [0.25, 0.3) is 0 Å². The van der Waals surface area contributed by atoms with Crippen molar-refractivity contribution in [3.63, 3.8) is 0 Å². The third-order valence-corrected chi connectivity index (χ3v) is 3.52. The van der Waals surface area contributed by atoms with E-state index in [2.05, 4.69) is 53.0 Å². The maximum absolute atomic E-state index is 4.72. The Morgan fingerprint density at radius 1 is 0.864 bits per heavy atom. The molecule has 0 spiro atoms. The topological polar surface area (TPSA) is 12.4 Å². The zero-order valence-corrected chi connectivity index (χ0v) is 15.4. The Balaban J connectivity index is 5.64. The summed E-state index contributed by atoms with van der Waals surface area (Å²) in [6.45, 7) is 20.8. The third-order valence-electron chi connectivity index (χ3n) is 3.52. The van der Waals surface area contributed by atoms with Crippen LogP contribution in [0.3, 0.4) is 0 Å². The highest BCUT2D eigenvalue weighted by Crippen LogP contribution is 2.16. The van der Waals surface area contributed by atoms with Gasteiger partial charge in [0.25, 0.3) is 0 Å². The Hall–Kier alpha value is -1.63. The first-order valence-corrected chi connectivity index (χ1v) is 8.26. The van der Waals surface area contributed by atoms with E-state index in [-0.39, 0.29) is 0 Å². The van der Waals surface area contributed by atoms with E-state index in [9.17, 15) is 0 Å². The van der Waals surface area contributed by atoms with Crippen molar-refractivity contribution in [2.45, 2.75) is 67.2 Å². The van der Waals surface area contributed by atoms with Crippen molar-refractivity contribution >= 4 is 5.71 Å². The van der Waals surface area contributed by atoms with Crippen LogP contribution in [0.4, 0.5) is 0 Å². The highest BCUT2D eigenvalue weighted by molar-refractivity contribution is 6.04. The van der Waals surface area contributed by atoms with Crippen molar-refractivity contribution in [2.75, 3.05) is 0 Å². The first kappa shape index (κ1) is 20.4. The average molecular weight is 300 g/mol. The molecule has 0 atom stereocenters. The highest BCUT2D eigenvalue weighted by Gasteiger charge is 2.06. The van der Waals surface area contributed by atoms with Crippen molar-refractivity contribution in [1.29, 1.82) is 0 Å². The smallest absolute Gasteiger partial charge is 0.0478 e. The van der Waals surface area contributed by atoms with Gasteiger partial charge in [-0.1, -0.05) is 63.1 Å². The minimum Gasteiger partial charge on any atom is -0.260 e. The predicted octanol–water partition coefficient (Wildman–Crippen LogP) is 6.96. The van der Waals surface area contributed by atoms with Crippen molar-refractivity contribution in [2.24, 2.45) is 4.99 Å². The van der Waals surface area contributed by atoms with Gasteiger partial charge < -0.3 is 0 Å². The molecule has 0 aliphatic carbocycles. The van der Waals surface area contributed by atoms with E-state index in [4.69, 9.17) is 4.99 Å². The minimum absolute atomic E-state index is 0.958. The fraction of sp³-hybridized carbons (Fsp3) is 0.476. The van der Waals surface area contributed by atoms with Gasteiger partial charge in [0, 0.05) is 11.9 Å². The molecule has 0 N–H and O–H groups in total. The largest absolute Gasteiger partial charge is 0.260 e. The van der Waals surface area contributed by atoms with Gasteiger partial charge in [-0.15, -0.1) is 0 Å². The summed E-state index contributed by atoms with van der Waals surface area (Å²) in [5.41, 5.74) is 6.89. The van der Waals surface area contributed by atoms with Crippen molar-refractivity contribution in [3.8, 4) is 0 Å². The standard InChI is InChI=1S/C21H33N/c1-9-11-18(7)13-14-20(17(5)6)21(12-10-2)22-15-19(8)16(3)4/h13-15H,3,5,9-12H2,1-2,4,6-8H3/b18-13-,19-15-,20-14+,22-21-. The van der Waals surface area contributed by atoms with Gasteiger partial charge in [-0.25, -0.2) is 0 Å². The molecular weight excluding hydrogens is 266 g/mol. The summed E-state index contributed by atoms with van der Waals surface area (Å²) in [7, 11) is 0. The number of rotatable bonds is 9. The number of hydrogen-bond acceptors (Lipinski definition) is 1. The van der Waals surface area contributed by atoms with Gasteiger partial charge in [-0.3, -0.25) is 4.99 Å². The van der Waals surface area contributed by atoms with E-state index in [1.807, 2.05) is 20.0 Å². The second-order valence-electron chi connectivity index (χ2n) is 6.04. The molecule has 1 heteroatoms. The Labute approximate surface area is 137 Å². The third kappa shape index (κ3) is 7.97. The van der Waals surface area contributed by atoms with Gasteiger partial charge in [0.05, 0.1) is 0 Å². The van der Waals surface area contributed by atoms with Gasteiger partial charge in [0.15, 0.2) is 0 Å².